The lowest BCUT2D eigenvalue weighted by Crippen LogP contribution is -2.17. The molecule has 2 aromatic rings. The average Bonchev–Trinajstić information content (AvgIpc) is 2.66. The standard InChI is InChI=1S/C24H28O2/c1-16(2)20-12-9-17(3)13-21(20)24-22(25)14-19(15-23(24)26)11-10-18-7-5-4-6-8-18/h4-8,13-15,20-21,25-26H,1,9-12H2,2-3H3/i3D3. The molecule has 0 amide bonds. The van der Waals surface area contributed by atoms with E-state index in [1.54, 1.807) is 18.2 Å². The van der Waals surface area contributed by atoms with Gasteiger partial charge in [0.1, 0.15) is 11.5 Å². The fourth-order valence-corrected chi connectivity index (χ4v) is 3.84. The lowest BCUT2D eigenvalue weighted by atomic mass is 9.73. The number of allylic oxidation sites excluding steroid dienone is 3. The lowest BCUT2D eigenvalue weighted by molar-refractivity contribution is 0.406. The molecule has 2 atom stereocenters. The fourth-order valence-electron chi connectivity index (χ4n) is 3.84. The average molecular weight is 352 g/mol. The molecule has 26 heavy (non-hydrogen) atoms. The first-order valence-electron chi connectivity index (χ1n) is 10.6. The number of hydrogen-bond donors (Lipinski definition) is 2. The first-order chi connectivity index (χ1) is 13.7. The Balaban J connectivity index is 1.92. The summed E-state index contributed by atoms with van der Waals surface area (Å²) >= 11 is 0. The maximum absolute atomic E-state index is 10.8. The molecule has 0 saturated heterocycles. The molecule has 0 saturated carbocycles. The lowest BCUT2D eigenvalue weighted by Gasteiger charge is -2.31. The second-order valence-electron chi connectivity index (χ2n) is 7.24. The van der Waals surface area contributed by atoms with Gasteiger partial charge in [0.05, 0.1) is 0 Å². The molecule has 136 valence electrons. The van der Waals surface area contributed by atoms with Crippen LogP contribution in [0.4, 0.5) is 0 Å². The van der Waals surface area contributed by atoms with Gasteiger partial charge in [-0.05, 0) is 68.6 Å². The predicted molar refractivity (Wildman–Crippen MR) is 108 cm³/mol. The van der Waals surface area contributed by atoms with Gasteiger partial charge in [-0.15, -0.1) is 0 Å². The van der Waals surface area contributed by atoms with Gasteiger partial charge in [-0.25, -0.2) is 0 Å². The quantitative estimate of drug-likeness (QED) is 0.659. The van der Waals surface area contributed by atoms with Crippen LogP contribution in [0.1, 0.15) is 53.3 Å². The molecule has 0 bridgehead atoms. The second-order valence-corrected chi connectivity index (χ2v) is 7.24. The molecule has 2 heteroatoms. The third-order valence-corrected chi connectivity index (χ3v) is 5.25. The Bertz CT molecular complexity index is 890. The third kappa shape index (κ3) is 4.01. The second kappa shape index (κ2) is 7.82. The largest absolute Gasteiger partial charge is 0.507 e. The van der Waals surface area contributed by atoms with Crippen LogP contribution in [0.25, 0.3) is 0 Å². The van der Waals surface area contributed by atoms with Gasteiger partial charge < -0.3 is 10.2 Å². The van der Waals surface area contributed by atoms with Crippen molar-refractivity contribution in [2.45, 2.75) is 45.4 Å². The summed E-state index contributed by atoms with van der Waals surface area (Å²) in [5, 5.41) is 21.5. The van der Waals surface area contributed by atoms with E-state index in [2.05, 4.69) is 18.7 Å². The van der Waals surface area contributed by atoms with Crippen LogP contribution in [0.15, 0.2) is 66.3 Å². The topological polar surface area (TPSA) is 40.5 Å². The molecule has 3 rings (SSSR count). The fraction of sp³-hybridized carbons (Fsp3) is 0.333. The maximum atomic E-state index is 10.8. The number of aromatic hydroxyl groups is 2. The molecule has 0 spiro atoms. The van der Waals surface area contributed by atoms with Crippen molar-refractivity contribution < 1.29 is 14.3 Å². The van der Waals surface area contributed by atoms with E-state index in [4.69, 9.17) is 4.11 Å². The Labute approximate surface area is 160 Å². The normalized spacial score (nSPS) is 22.0. The molecule has 0 aromatic heterocycles. The molecule has 1 aliphatic rings. The van der Waals surface area contributed by atoms with Crippen LogP contribution in [0.5, 0.6) is 11.5 Å². The number of phenolic OH excluding ortho intramolecular Hbond substituents is 2. The highest BCUT2D eigenvalue weighted by Gasteiger charge is 2.30. The summed E-state index contributed by atoms with van der Waals surface area (Å²) in [5.74, 6) is -0.410. The van der Waals surface area contributed by atoms with E-state index >= 15 is 0 Å². The SMILES string of the molecule is [2H]C([2H])([2H])C1=CC(c2c(O)cc(CCc3ccccc3)cc2O)C(C(=C)C)CC1. The highest BCUT2D eigenvalue weighted by molar-refractivity contribution is 5.52. The zero-order valence-corrected chi connectivity index (χ0v) is 15.2. The minimum atomic E-state index is -2.17. The molecule has 2 aromatic carbocycles. The monoisotopic (exact) mass is 351 g/mol. The van der Waals surface area contributed by atoms with Crippen LogP contribution >= 0.6 is 0 Å². The van der Waals surface area contributed by atoms with Crippen molar-refractivity contribution in [3.05, 3.63) is 83.0 Å². The van der Waals surface area contributed by atoms with E-state index in [0.717, 1.165) is 17.6 Å². The van der Waals surface area contributed by atoms with Gasteiger partial charge in [0.2, 0.25) is 0 Å². The number of phenols is 2. The minimum Gasteiger partial charge on any atom is -0.507 e. The van der Waals surface area contributed by atoms with Gasteiger partial charge in [-0.1, -0.05) is 54.1 Å². The van der Waals surface area contributed by atoms with E-state index in [1.807, 2.05) is 25.1 Å². The molecule has 2 N–H and O–H groups in total. The third-order valence-electron chi connectivity index (χ3n) is 5.25. The van der Waals surface area contributed by atoms with Crippen LogP contribution in [-0.4, -0.2) is 10.2 Å². The molecular weight excluding hydrogens is 320 g/mol. The summed E-state index contributed by atoms with van der Waals surface area (Å²) in [6, 6.07) is 13.4. The summed E-state index contributed by atoms with van der Waals surface area (Å²) in [5.41, 5.74) is 3.73. The van der Waals surface area contributed by atoms with Crippen LogP contribution < -0.4 is 0 Å². The Morgan fingerprint density at radius 3 is 2.38 bits per heavy atom. The zero-order chi connectivity index (χ0) is 21.2. The molecule has 2 unspecified atom stereocenters. The first kappa shape index (κ1) is 14.7. The number of aryl methyl sites for hydroxylation is 2. The summed E-state index contributed by atoms with van der Waals surface area (Å²) in [7, 11) is 0. The molecule has 0 fully saturated rings. The van der Waals surface area contributed by atoms with Crippen molar-refractivity contribution in [2.75, 3.05) is 0 Å². The van der Waals surface area contributed by atoms with Crippen LogP contribution in [0.3, 0.4) is 0 Å². The van der Waals surface area contributed by atoms with Crippen LogP contribution in [0, 0.1) is 5.92 Å². The van der Waals surface area contributed by atoms with E-state index in [1.165, 1.54) is 5.56 Å². The Morgan fingerprint density at radius 2 is 1.77 bits per heavy atom. The predicted octanol–water partition coefficient (Wildman–Crippen LogP) is 5.90. The molecule has 1 aliphatic carbocycles. The number of rotatable bonds is 5. The van der Waals surface area contributed by atoms with Crippen molar-refractivity contribution in [3.8, 4) is 11.5 Å². The Hall–Kier alpha value is -2.48. The molecule has 2 nitrogen and oxygen atoms in total. The Morgan fingerprint density at radius 1 is 1.12 bits per heavy atom. The van der Waals surface area contributed by atoms with Gasteiger partial charge in [-0.3, -0.25) is 0 Å². The number of benzene rings is 2. The van der Waals surface area contributed by atoms with Crippen LogP contribution in [-0.2, 0) is 12.8 Å². The van der Waals surface area contributed by atoms with E-state index < -0.39 is 12.8 Å². The van der Waals surface area contributed by atoms with Crippen molar-refractivity contribution in [2.24, 2.45) is 5.92 Å². The van der Waals surface area contributed by atoms with Gasteiger partial charge in [-0.2, -0.15) is 0 Å². The number of hydrogen-bond acceptors (Lipinski definition) is 2. The highest BCUT2D eigenvalue weighted by Crippen LogP contribution is 2.46. The van der Waals surface area contributed by atoms with Crippen molar-refractivity contribution in [3.63, 3.8) is 0 Å². The Kier molecular flexibility index (Phi) is 4.41. The first-order valence-corrected chi connectivity index (χ1v) is 9.12. The summed E-state index contributed by atoms with van der Waals surface area (Å²) in [6.07, 6.45) is 4.31. The smallest absolute Gasteiger partial charge is 0.123 e. The summed E-state index contributed by atoms with van der Waals surface area (Å²) in [6.45, 7) is 3.79. The van der Waals surface area contributed by atoms with Crippen molar-refractivity contribution >= 4 is 0 Å². The molecule has 0 aliphatic heterocycles. The summed E-state index contributed by atoms with van der Waals surface area (Å²) in [4.78, 5) is 0. The minimum absolute atomic E-state index is 0.00681. The van der Waals surface area contributed by atoms with Crippen molar-refractivity contribution in [1.29, 1.82) is 0 Å². The maximum Gasteiger partial charge on any atom is 0.123 e. The van der Waals surface area contributed by atoms with E-state index in [9.17, 15) is 10.2 Å². The molecule has 0 radical (unpaired) electrons. The summed E-state index contributed by atoms with van der Waals surface area (Å²) < 4.78 is 23.2. The van der Waals surface area contributed by atoms with E-state index in [-0.39, 0.29) is 17.4 Å². The highest BCUT2D eigenvalue weighted by atomic mass is 16.3. The van der Waals surface area contributed by atoms with Crippen molar-refractivity contribution in [1.82, 2.24) is 0 Å². The molecule has 0 heterocycles. The van der Waals surface area contributed by atoms with Gasteiger partial charge in [0.25, 0.3) is 0 Å². The zero-order valence-electron chi connectivity index (χ0n) is 18.2. The molecular formula is C24H28O2. The van der Waals surface area contributed by atoms with Crippen LogP contribution in [0.2, 0.25) is 0 Å². The van der Waals surface area contributed by atoms with Gasteiger partial charge >= 0.3 is 0 Å². The van der Waals surface area contributed by atoms with Gasteiger partial charge in [0.15, 0.2) is 0 Å². The van der Waals surface area contributed by atoms with E-state index in [0.29, 0.717) is 30.4 Å². The van der Waals surface area contributed by atoms with Gasteiger partial charge in [0, 0.05) is 15.6 Å².